The molecule has 0 aromatic heterocycles. The van der Waals surface area contributed by atoms with Gasteiger partial charge in [-0.1, -0.05) is 13.2 Å². The number of nitrogens with zero attached hydrogens (tertiary/aromatic N) is 1. The summed E-state index contributed by atoms with van der Waals surface area (Å²) in [5, 5.41) is 0. The molecule has 0 unspecified atom stereocenters. The van der Waals surface area contributed by atoms with Gasteiger partial charge in [0.1, 0.15) is 0 Å². The summed E-state index contributed by atoms with van der Waals surface area (Å²) in [6.07, 6.45) is 1.62. The summed E-state index contributed by atoms with van der Waals surface area (Å²) in [4.78, 5) is 12.5. The zero-order valence-electron chi connectivity index (χ0n) is 6.96. The van der Waals surface area contributed by atoms with Crippen molar-refractivity contribution in [3.05, 3.63) is 24.9 Å². The number of hydrogen-bond acceptors (Lipinski definition) is 3. The van der Waals surface area contributed by atoms with E-state index in [0.29, 0.717) is 12.1 Å². The summed E-state index contributed by atoms with van der Waals surface area (Å²) < 4.78 is 4.46. The van der Waals surface area contributed by atoms with Crippen LogP contribution in [0.25, 0.3) is 0 Å². The zero-order chi connectivity index (χ0) is 8.85. The molecule has 0 aromatic carbocycles. The van der Waals surface area contributed by atoms with Crippen molar-refractivity contribution in [1.82, 2.24) is 4.90 Å². The molecule has 0 amide bonds. The van der Waals surface area contributed by atoms with Crippen LogP contribution in [0.3, 0.4) is 0 Å². The van der Waals surface area contributed by atoms with E-state index in [0.717, 1.165) is 0 Å². The third kappa shape index (κ3) is 3.45. The van der Waals surface area contributed by atoms with E-state index in [4.69, 9.17) is 0 Å². The molecule has 0 spiro atoms. The fourth-order valence-electron chi connectivity index (χ4n) is 0.574. The predicted molar refractivity (Wildman–Crippen MR) is 44.0 cm³/mol. The Balaban J connectivity index is 3.87. The van der Waals surface area contributed by atoms with Crippen molar-refractivity contribution >= 4 is 5.97 Å². The van der Waals surface area contributed by atoms with Gasteiger partial charge < -0.3 is 9.64 Å². The van der Waals surface area contributed by atoms with E-state index >= 15 is 0 Å². The minimum Gasteiger partial charge on any atom is -0.466 e. The first kappa shape index (κ1) is 9.75. The van der Waals surface area contributed by atoms with Gasteiger partial charge >= 0.3 is 5.97 Å². The van der Waals surface area contributed by atoms with Crippen LogP contribution in [-0.2, 0) is 9.53 Å². The van der Waals surface area contributed by atoms with Crippen molar-refractivity contribution in [2.45, 2.75) is 0 Å². The summed E-state index contributed by atoms with van der Waals surface area (Å²) in [6.45, 7) is 7.54. The van der Waals surface area contributed by atoms with Crippen molar-refractivity contribution in [3.8, 4) is 0 Å². The second-order valence-electron chi connectivity index (χ2n) is 2.19. The van der Waals surface area contributed by atoms with Crippen LogP contribution >= 0.6 is 0 Å². The van der Waals surface area contributed by atoms with Gasteiger partial charge in [-0.2, -0.15) is 0 Å². The van der Waals surface area contributed by atoms with Gasteiger partial charge in [0.05, 0.1) is 7.11 Å². The molecule has 0 bridgehead atoms. The first-order valence-corrected chi connectivity index (χ1v) is 3.20. The molecule has 0 atom stereocenters. The van der Waals surface area contributed by atoms with E-state index in [9.17, 15) is 4.79 Å². The van der Waals surface area contributed by atoms with Crippen molar-refractivity contribution in [1.29, 1.82) is 0 Å². The molecule has 0 N–H and O–H groups in total. The largest absolute Gasteiger partial charge is 0.466 e. The molecule has 0 saturated carbocycles. The summed E-state index contributed by atoms with van der Waals surface area (Å²) in [5.74, 6) is -0.376. The maximum atomic E-state index is 10.8. The third-order valence-corrected chi connectivity index (χ3v) is 1.23. The van der Waals surface area contributed by atoms with Gasteiger partial charge in [-0.25, -0.2) is 4.79 Å². The number of rotatable bonds is 4. The highest BCUT2D eigenvalue weighted by molar-refractivity contribution is 5.88. The molecule has 11 heavy (non-hydrogen) atoms. The summed E-state index contributed by atoms with van der Waals surface area (Å²) in [6, 6.07) is 0. The molecule has 0 aliphatic heterocycles. The summed E-state index contributed by atoms with van der Waals surface area (Å²) >= 11 is 0. The smallest absolute Gasteiger partial charge is 0.334 e. The van der Waals surface area contributed by atoms with Crippen LogP contribution in [-0.4, -0.2) is 31.6 Å². The molecule has 0 heterocycles. The molecule has 0 aliphatic carbocycles. The van der Waals surface area contributed by atoms with Crippen LogP contribution in [0.2, 0.25) is 0 Å². The number of methoxy groups -OCH3 is 1. The molecule has 0 saturated heterocycles. The van der Waals surface area contributed by atoms with Crippen molar-refractivity contribution in [2.75, 3.05) is 20.7 Å². The van der Waals surface area contributed by atoms with Gasteiger partial charge in [0.15, 0.2) is 0 Å². The second-order valence-corrected chi connectivity index (χ2v) is 2.19. The molecule has 0 aromatic rings. The second kappa shape index (κ2) is 4.55. The van der Waals surface area contributed by atoms with Crippen LogP contribution in [0.5, 0.6) is 0 Å². The lowest BCUT2D eigenvalue weighted by Gasteiger charge is -2.12. The average molecular weight is 155 g/mol. The first-order chi connectivity index (χ1) is 5.11. The van der Waals surface area contributed by atoms with Crippen molar-refractivity contribution in [2.24, 2.45) is 0 Å². The number of ether oxygens (including phenoxy) is 1. The van der Waals surface area contributed by atoms with Crippen LogP contribution in [0.1, 0.15) is 0 Å². The fourth-order valence-corrected chi connectivity index (χ4v) is 0.574. The Morgan fingerprint density at radius 2 is 2.27 bits per heavy atom. The highest BCUT2D eigenvalue weighted by Gasteiger charge is 2.06. The Kier molecular flexibility index (Phi) is 4.03. The highest BCUT2D eigenvalue weighted by Crippen LogP contribution is 1.96. The quantitative estimate of drug-likeness (QED) is 0.444. The van der Waals surface area contributed by atoms with E-state index in [2.05, 4.69) is 17.9 Å². The standard InChI is InChI=1S/C8H13NO2/c1-5-9(3)6-7(2)8(10)11-4/h5H,1-2,6H2,3-4H3. The van der Waals surface area contributed by atoms with Gasteiger partial charge in [-0.05, 0) is 6.20 Å². The summed E-state index contributed by atoms with van der Waals surface area (Å²) in [7, 11) is 3.14. The van der Waals surface area contributed by atoms with Gasteiger partial charge in [0.25, 0.3) is 0 Å². The van der Waals surface area contributed by atoms with E-state index in [1.54, 1.807) is 18.1 Å². The topological polar surface area (TPSA) is 29.5 Å². The molecule has 0 aliphatic rings. The van der Waals surface area contributed by atoms with Gasteiger partial charge in [-0.15, -0.1) is 0 Å². The monoisotopic (exact) mass is 155 g/mol. The van der Waals surface area contributed by atoms with Gasteiger partial charge in [-0.3, -0.25) is 0 Å². The van der Waals surface area contributed by atoms with Crippen molar-refractivity contribution in [3.63, 3.8) is 0 Å². The van der Waals surface area contributed by atoms with Crippen LogP contribution < -0.4 is 0 Å². The normalized spacial score (nSPS) is 8.55. The van der Waals surface area contributed by atoms with Crippen LogP contribution in [0, 0.1) is 0 Å². The highest BCUT2D eigenvalue weighted by atomic mass is 16.5. The Morgan fingerprint density at radius 1 is 1.73 bits per heavy atom. The Labute approximate surface area is 66.9 Å². The third-order valence-electron chi connectivity index (χ3n) is 1.23. The molecule has 0 rings (SSSR count). The molecule has 0 fully saturated rings. The number of hydrogen-bond donors (Lipinski definition) is 0. The van der Waals surface area contributed by atoms with E-state index in [1.807, 2.05) is 0 Å². The Bertz CT molecular complexity index is 175. The number of carbonyl (C=O) groups is 1. The maximum Gasteiger partial charge on any atom is 0.334 e. The van der Waals surface area contributed by atoms with Crippen molar-refractivity contribution < 1.29 is 9.53 Å². The molecular weight excluding hydrogens is 142 g/mol. The van der Waals surface area contributed by atoms with E-state index < -0.39 is 0 Å². The van der Waals surface area contributed by atoms with Crippen LogP contribution in [0.15, 0.2) is 24.9 Å². The predicted octanol–water partition coefficient (Wildman–Crippen LogP) is 0.791. The maximum absolute atomic E-state index is 10.8. The Hall–Kier alpha value is -1.25. The molecule has 3 heteroatoms. The average Bonchev–Trinajstić information content (AvgIpc) is 2.02. The minimum absolute atomic E-state index is 0.376. The Morgan fingerprint density at radius 3 is 2.64 bits per heavy atom. The van der Waals surface area contributed by atoms with Gasteiger partial charge in [0.2, 0.25) is 0 Å². The lowest BCUT2D eigenvalue weighted by atomic mass is 10.3. The fraction of sp³-hybridized carbons (Fsp3) is 0.375. The van der Waals surface area contributed by atoms with E-state index in [1.165, 1.54) is 7.11 Å². The molecular formula is C8H13NO2. The molecule has 3 nitrogen and oxygen atoms in total. The summed E-state index contributed by atoms with van der Waals surface area (Å²) in [5.41, 5.74) is 0.426. The van der Waals surface area contributed by atoms with Gasteiger partial charge in [0, 0.05) is 19.2 Å². The SMILES string of the molecule is C=CN(C)CC(=C)C(=O)OC. The number of likely N-dealkylation sites (N-methyl/N-ethyl adjacent to an activating group) is 1. The first-order valence-electron chi connectivity index (χ1n) is 3.20. The minimum atomic E-state index is -0.376. The van der Waals surface area contributed by atoms with Crippen LogP contribution in [0.4, 0.5) is 0 Å². The molecule has 62 valence electrons. The lowest BCUT2D eigenvalue weighted by molar-refractivity contribution is -0.136. The number of esters is 1. The zero-order valence-corrected chi connectivity index (χ0v) is 6.96. The molecule has 0 radical (unpaired) electrons. The number of carbonyl (C=O) groups excluding carboxylic acids is 1. The van der Waals surface area contributed by atoms with E-state index in [-0.39, 0.29) is 5.97 Å². The lowest BCUT2D eigenvalue weighted by Crippen LogP contribution is -2.18.